The zero-order valence-corrected chi connectivity index (χ0v) is 21.0. The Hall–Kier alpha value is -4.69. The molecule has 4 N–H and O–H groups in total. The summed E-state index contributed by atoms with van der Waals surface area (Å²) in [5.41, 5.74) is 3.72. The van der Waals surface area contributed by atoms with Crippen molar-refractivity contribution in [3.8, 4) is 5.75 Å². The van der Waals surface area contributed by atoms with Gasteiger partial charge in [0, 0.05) is 17.1 Å². The number of thiocarbonyl (C=S) groups is 1. The fourth-order valence-electron chi connectivity index (χ4n) is 3.57. The number of anilines is 4. The third kappa shape index (κ3) is 6.93. The largest absolute Gasteiger partial charge is 0.493 e. The normalized spacial score (nSPS) is 10.2. The SMILES string of the molecule is CCOc1ccccc1C(=O)NC(=S)Nc1ccccc1C(=O)Nc1ccc(Nc2ccccc2)cc1. The van der Waals surface area contributed by atoms with Crippen LogP contribution in [0, 0.1) is 0 Å². The van der Waals surface area contributed by atoms with Gasteiger partial charge in [0.1, 0.15) is 5.75 Å². The summed E-state index contributed by atoms with van der Waals surface area (Å²) >= 11 is 5.34. The average Bonchev–Trinajstić information content (AvgIpc) is 2.91. The van der Waals surface area contributed by atoms with Crippen LogP contribution in [0.4, 0.5) is 22.7 Å². The molecule has 2 amide bonds. The van der Waals surface area contributed by atoms with Gasteiger partial charge in [0.05, 0.1) is 23.4 Å². The standard InChI is InChI=1S/C29H26N4O3S/c1-2-36-26-15-9-7-13-24(26)28(35)33-29(37)32-25-14-8-6-12-23(25)27(34)31-22-18-16-21(17-19-22)30-20-10-4-3-5-11-20/h3-19,30H,2H2,1H3,(H,31,34)(H2,32,33,35,37). The highest BCUT2D eigenvalue weighted by Crippen LogP contribution is 2.22. The van der Waals surface area contributed by atoms with E-state index in [0.29, 0.717) is 34.9 Å². The number of amides is 2. The van der Waals surface area contributed by atoms with Crippen LogP contribution in [-0.4, -0.2) is 23.5 Å². The van der Waals surface area contributed by atoms with E-state index in [4.69, 9.17) is 17.0 Å². The predicted octanol–water partition coefficient (Wildman–Crippen LogP) is 6.21. The molecule has 0 unspecified atom stereocenters. The maximum Gasteiger partial charge on any atom is 0.261 e. The van der Waals surface area contributed by atoms with Gasteiger partial charge in [0.15, 0.2) is 5.11 Å². The summed E-state index contributed by atoms with van der Waals surface area (Å²) in [6.45, 7) is 2.28. The average molecular weight is 511 g/mol. The number of para-hydroxylation sites is 3. The van der Waals surface area contributed by atoms with Gasteiger partial charge in [-0.25, -0.2) is 0 Å². The first kappa shape index (κ1) is 25.4. The van der Waals surface area contributed by atoms with E-state index in [0.717, 1.165) is 11.4 Å². The van der Waals surface area contributed by atoms with Gasteiger partial charge >= 0.3 is 0 Å². The maximum atomic E-state index is 13.0. The predicted molar refractivity (Wildman–Crippen MR) is 152 cm³/mol. The minimum absolute atomic E-state index is 0.0629. The molecule has 0 heterocycles. The number of carbonyl (C=O) groups excluding carboxylic acids is 2. The molecule has 4 rings (SSSR count). The zero-order valence-electron chi connectivity index (χ0n) is 20.2. The van der Waals surface area contributed by atoms with Crippen molar-refractivity contribution in [1.82, 2.24) is 5.32 Å². The molecule has 0 spiro atoms. The van der Waals surface area contributed by atoms with Crippen molar-refractivity contribution in [1.29, 1.82) is 0 Å². The highest BCUT2D eigenvalue weighted by molar-refractivity contribution is 7.80. The lowest BCUT2D eigenvalue weighted by atomic mass is 10.1. The molecular formula is C29H26N4O3S. The molecule has 0 aliphatic heterocycles. The number of rotatable bonds is 8. The molecule has 186 valence electrons. The fourth-order valence-corrected chi connectivity index (χ4v) is 3.78. The van der Waals surface area contributed by atoms with E-state index in [-0.39, 0.29) is 11.0 Å². The summed E-state index contributed by atoms with van der Waals surface area (Å²) in [7, 11) is 0. The second-order valence-electron chi connectivity index (χ2n) is 7.91. The van der Waals surface area contributed by atoms with Crippen molar-refractivity contribution >= 4 is 51.9 Å². The monoisotopic (exact) mass is 510 g/mol. The molecule has 37 heavy (non-hydrogen) atoms. The molecule has 4 aromatic rings. The first-order valence-electron chi connectivity index (χ1n) is 11.7. The van der Waals surface area contributed by atoms with Crippen molar-refractivity contribution in [3.05, 3.63) is 114 Å². The molecule has 0 saturated carbocycles. The Morgan fingerprint density at radius 1 is 0.676 bits per heavy atom. The van der Waals surface area contributed by atoms with Crippen molar-refractivity contribution < 1.29 is 14.3 Å². The van der Waals surface area contributed by atoms with Crippen LogP contribution < -0.4 is 26.0 Å². The van der Waals surface area contributed by atoms with Crippen LogP contribution in [0.15, 0.2) is 103 Å². The summed E-state index contributed by atoms with van der Waals surface area (Å²) < 4.78 is 5.52. The Bertz CT molecular complexity index is 1390. The van der Waals surface area contributed by atoms with Gasteiger partial charge in [-0.1, -0.05) is 42.5 Å². The molecule has 7 nitrogen and oxygen atoms in total. The van der Waals surface area contributed by atoms with Crippen LogP contribution in [0.3, 0.4) is 0 Å². The molecule has 0 aromatic heterocycles. The minimum atomic E-state index is -0.410. The second-order valence-corrected chi connectivity index (χ2v) is 8.31. The highest BCUT2D eigenvalue weighted by atomic mass is 32.1. The van der Waals surface area contributed by atoms with E-state index in [1.807, 2.05) is 61.5 Å². The molecule has 0 bridgehead atoms. The summed E-state index contributed by atoms with van der Waals surface area (Å²) in [5.74, 6) is -0.259. The van der Waals surface area contributed by atoms with Crippen LogP contribution in [-0.2, 0) is 0 Å². The summed E-state index contributed by atoms with van der Waals surface area (Å²) in [4.78, 5) is 25.8. The first-order valence-corrected chi connectivity index (χ1v) is 12.1. The molecule has 0 radical (unpaired) electrons. The molecule has 0 fully saturated rings. The van der Waals surface area contributed by atoms with E-state index in [9.17, 15) is 9.59 Å². The Kier molecular flexibility index (Phi) is 8.46. The van der Waals surface area contributed by atoms with Gasteiger partial charge in [-0.3, -0.25) is 14.9 Å². The van der Waals surface area contributed by atoms with Crippen molar-refractivity contribution in [3.63, 3.8) is 0 Å². The van der Waals surface area contributed by atoms with Crippen molar-refractivity contribution in [2.75, 3.05) is 22.6 Å². The van der Waals surface area contributed by atoms with E-state index >= 15 is 0 Å². The summed E-state index contributed by atoms with van der Waals surface area (Å²) in [5, 5.41) is 11.9. The Morgan fingerprint density at radius 2 is 1.27 bits per heavy atom. The molecule has 0 aliphatic rings. The van der Waals surface area contributed by atoms with Gasteiger partial charge < -0.3 is 20.7 Å². The Labute approximate surface area is 220 Å². The molecule has 0 aliphatic carbocycles. The van der Waals surface area contributed by atoms with E-state index < -0.39 is 5.91 Å². The topological polar surface area (TPSA) is 91.5 Å². The molecule has 8 heteroatoms. The smallest absolute Gasteiger partial charge is 0.261 e. The lowest BCUT2D eigenvalue weighted by molar-refractivity contribution is 0.0973. The Balaban J connectivity index is 1.39. The quantitative estimate of drug-likeness (QED) is 0.211. The number of carbonyl (C=O) groups is 2. The third-order valence-corrected chi connectivity index (χ3v) is 5.49. The van der Waals surface area contributed by atoms with Crippen molar-refractivity contribution in [2.24, 2.45) is 0 Å². The maximum absolute atomic E-state index is 13.0. The van der Waals surface area contributed by atoms with Gasteiger partial charge in [-0.05, 0) is 79.8 Å². The number of ether oxygens (including phenoxy) is 1. The van der Waals surface area contributed by atoms with Crippen molar-refractivity contribution in [2.45, 2.75) is 6.92 Å². The van der Waals surface area contributed by atoms with Gasteiger partial charge in [-0.2, -0.15) is 0 Å². The minimum Gasteiger partial charge on any atom is -0.493 e. The third-order valence-electron chi connectivity index (χ3n) is 5.28. The zero-order chi connectivity index (χ0) is 26.0. The van der Waals surface area contributed by atoms with Crippen LogP contribution in [0.1, 0.15) is 27.6 Å². The molecule has 0 saturated heterocycles. The van der Waals surface area contributed by atoms with Gasteiger partial charge in [-0.15, -0.1) is 0 Å². The summed E-state index contributed by atoms with van der Waals surface area (Å²) in [6.07, 6.45) is 0. The van der Waals surface area contributed by atoms with Crippen LogP contribution >= 0.6 is 12.2 Å². The Morgan fingerprint density at radius 3 is 2.00 bits per heavy atom. The molecule has 0 atom stereocenters. The van der Waals surface area contributed by atoms with Crippen LogP contribution in [0.25, 0.3) is 0 Å². The van der Waals surface area contributed by atoms with Crippen LogP contribution in [0.2, 0.25) is 0 Å². The molecule has 4 aromatic carbocycles. The first-order chi connectivity index (χ1) is 18.0. The number of hydrogen-bond donors (Lipinski definition) is 4. The van der Waals surface area contributed by atoms with Gasteiger partial charge in [0.2, 0.25) is 0 Å². The lowest BCUT2D eigenvalue weighted by Gasteiger charge is -2.15. The second kappa shape index (κ2) is 12.3. The highest BCUT2D eigenvalue weighted by Gasteiger charge is 2.16. The van der Waals surface area contributed by atoms with E-state index in [1.54, 1.807) is 48.5 Å². The lowest BCUT2D eigenvalue weighted by Crippen LogP contribution is -2.35. The van der Waals surface area contributed by atoms with E-state index in [2.05, 4.69) is 21.3 Å². The van der Waals surface area contributed by atoms with E-state index in [1.165, 1.54) is 0 Å². The summed E-state index contributed by atoms with van der Waals surface area (Å²) in [6, 6.07) is 31.1. The number of hydrogen-bond acceptors (Lipinski definition) is 5. The van der Waals surface area contributed by atoms with Gasteiger partial charge in [0.25, 0.3) is 11.8 Å². The fraction of sp³-hybridized carbons (Fsp3) is 0.0690. The van der Waals surface area contributed by atoms with Crippen LogP contribution in [0.5, 0.6) is 5.75 Å². The molecular weight excluding hydrogens is 484 g/mol. The number of nitrogens with one attached hydrogen (secondary N) is 4. The number of benzene rings is 4.